The lowest BCUT2D eigenvalue weighted by atomic mass is 9.83. The third-order valence-electron chi connectivity index (χ3n) is 5.66. The number of aromatic nitrogens is 3. The summed E-state index contributed by atoms with van der Waals surface area (Å²) in [6.45, 7) is 2.61. The quantitative estimate of drug-likeness (QED) is 0.878. The van der Waals surface area contributed by atoms with Gasteiger partial charge in [0.25, 0.3) is 0 Å². The molecule has 0 aromatic carbocycles. The Morgan fingerprint density at radius 3 is 2.88 bits per heavy atom. The molecule has 2 aromatic heterocycles. The molecule has 2 amide bonds. The van der Waals surface area contributed by atoms with Gasteiger partial charge in [0.05, 0.1) is 6.33 Å². The minimum atomic E-state index is 0.167. The number of H-pyrrole nitrogens is 1. The predicted molar refractivity (Wildman–Crippen MR) is 96.1 cm³/mol. The molecule has 0 unspecified atom stereocenters. The van der Waals surface area contributed by atoms with Crippen molar-refractivity contribution >= 4 is 11.8 Å². The van der Waals surface area contributed by atoms with Crippen molar-refractivity contribution in [3.63, 3.8) is 0 Å². The predicted octanol–water partition coefficient (Wildman–Crippen LogP) is 1.29. The van der Waals surface area contributed by atoms with Crippen LogP contribution in [0, 0.1) is 5.92 Å². The average molecular weight is 355 g/mol. The number of carbonyl (C=O) groups is 2. The molecule has 7 nitrogen and oxygen atoms in total. The largest absolute Gasteiger partial charge is 0.348 e. The van der Waals surface area contributed by atoms with Crippen LogP contribution in [0.1, 0.15) is 25.0 Å². The topological polar surface area (TPSA) is 74.2 Å². The summed E-state index contributed by atoms with van der Waals surface area (Å²) in [4.78, 5) is 36.2. The summed E-state index contributed by atoms with van der Waals surface area (Å²) in [6.07, 6.45) is 10.5. The number of nitrogens with one attached hydrogen (secondary N) is 1. The number of carbonyl (C=O) groups excluding carboxylic acids is 2. The summed E-state index contributed by atoms with van der Waals surface area (Å²) in [6, 6.07) is 4.13. The second-order valence-corrected chi connectivity index (χ2v) is 7.26. The molecule has 26 heavy (non-hydrogen) atoms. The van der Waals surface area contributed by atoms with Crippen LogP contribution in [-0.4, -0.2) is 61.8 Å². The molecule has 0 saturated carbocycles. The third-order valence-corrected chi connectivity index (χ3v) is 5.66. The minimum Gasteiger partial charge on any atom is -0.348 e. The van der Waals surface area contributed by atoms with Gasteiger partial charge in [0.1, 0.15) is 6.54 Å². The van der Waals surface area contributed by atoms with Gasteiger partial charge in [-0.25, -0.2) is 4.98 Å². The van der Waals surface area contributed by atoms with Gasteiger partial charge in [0.15, 0.2) is 0 Å². The summed E-state index contributed by atoms with van der Waals surface area (Å²) >= 11 is 0. The first-order valence-corrected chi connectivity index (χ1v) is 9.36. The first kappa shape index (κ1) is 16.9. The van der Waals surface area contributed by atoms with Gasteiger partial charge >= 0.3 is 0 Å². The van der Waals surface area contributed by atoms with Crippen LogP contribution >= 0.6 is 0 Å². The van der Waals surface area contributed by atoms with Crippen LogP contribution in [0.15, 0.2) is 37.1 Å². The highest BCUT2D eigenvalue weighted by Gasteiger charge is 2.40. The Labute approximate surface area is 153 Å². The van der Waals surface area contributed by atoms with Crippen LogP contribution in [0.3, 0.4) is 0 Å². The first-order chi connectivity index (χ1) is 12.7. The second-order valence-electron chi connectivity index (χ2n) is 7.26. The van der Waals surface area contributed by atoms with E-state index in [9.17, 15) is 9.59 Å². The van der Waals surface area contributed by atoms with Gasteiger partial charge in [-0.1, -0.05) is 0 Å². The Bertz CT molecular complexity index is 740. The lowest BCUT2D eigenvalue weighted by Gasteiger charge is -2.47. The number of aromatic amines is 1. The maximum atomic E-state index is 12.6. The van der Waals surface area contributed by atoms with Crippen molar-refractivity contribution in [2.45, 2.75) is 38.3 Å². The molecule has 2 aliphatic heterocycles. The fourth-order valence-corrected chi connectivity index (χ4v) is 4.26. The maximum absolute atomic E-state index is 12.6. The van der Waals surface area contributed by atoms with Crippen molar-refractivity contribution < 1.29 is 9.59 Å². The van der Waals surface area contributed by atoms with Crippen LogP contribution < -0.4 is 0 Å². The van der Waals surface area contributed by atoms with Gasteiger partial charge in [-0.2, -0.15) is 0 Å². The van der Waals surface area contributed by atoms with E-state index >= 15 is 0 Å². The van der Waals surface area contributed by atoms with E-state index in [0.29, 0.717) is 18.9 Å². The molecule has 7 heteroatoms. The fraction of sp³-hybridized carbons (Fsp3) is 0.526. The minimum absolute atomic E-state index is 0.167. The van der Waals surface area contributed by atoms with Gasteiger partial charge in [-0.15, -0.1) is 0 Å². The van der Waals surface area contributed by atoms with Crippen molar-refractivity contribution in [1.82, 2.24) is 24.3 Å². The molecule has 0 radical (unpaired) electrons. The normalized spacial score (nSPS) is 23.2. The molecule has 0 aliphatic carbocycles. The highest BCUT2D eigenvalue weighted by Crippen LogP contribution is 2.31. The van der Waals surface area contributed by atoms with Gasteiger partial charge in [0, 0.05) is 62.8 Å². The van der Waals surface area contributed by atoms with E-state index in [1.54, 1.807) is 6.33 Å². The van der Waals surface area contributed by atoms with Crippen LogP contribution in [0.4, 0.5) is 0 Å². The summed E-state index contributed by atoms with van der Waals surface area (Å²) in [5, 5.41) is 0. The number of amides is 2. The van der Waals surface area contributed by atoms with Gasteiger partial charge < -0.3 is 19.4 Å². The number of nitrogens with zero attached hydrogens (tertiary/aromatic N) is 4. The third kappa shape index (κ3) is 3.52. The van der Waals surface area contributed by atoms with E-state index in [0.717, 1.165) is 44.6 Å². The SMILES string of the molecule is O=C(Cn1cccc1)N1CC[C@@H]2[C@@H](CCC(=O)N2CCc2cnc[nH]2)C1. The van der Waals surface area contributed by atoms with Crippen molar-refractivity contribution in [3.8, 4) is 0 Å². The molecule has 0 bridgehead atoms. The van der Waals surface area contributed by atoms with Crippen molar-refractivity contribution in [2.24, 2.45) is 5.92 Å². The van der Waals surface area contributed by atoms with E-state index < -0.39 is 0 Å². The van der Waals surface area contributed by atoms with Gasteiger partial charge in [-0.3, -0.25) is 9.59 Å². The number of fused-ring (bicyclic) bond motifs is 1. The molecule has 1 N–H and O–H groups in total. The highest BCUT2D eigenvalue weighted by atomic mass is 16.2. The first-order valence-electron chi connectivity index (χ1n) is 9.36. The molecule has 2 fully saturated rings. The lowest BCUT2D eigenvalue weighted by Crippen LogP contribution is -2.57. The van der Waals surface area contributed by atoms with Crippen LogP contribution in [-0.2, 0) is 22.6 Å². The lowest BCUT2D eigenvalue weighted by molar-refractivity contribution is -0.144. The molecule has 2 aliphatic rings. The molecule has 138 valence electrons. The van der Waals surface area contributed by atoms with Crippen LogP contribution in [0.5, 0.6) is 0 Å². The number of hydrogen-bond acceptors (Lipinski definition) is 3. The number of rotatable bonds is 5. The summed E-state index contributed by atoms with van der Waals surface area (Å²) in [5.74, 6) is 0.801. The van der Waals surface area contributed by atoms with E-state index in [1.165, 1.54) is 0 Å². The fourth-order valence-electron chi connectivity index (χ4n) is 4.26. The van der Waals surface area contributed by atoms with E-state index in [1.807, 2.05) is 45.1 Å². The Kier molecular flexibility index (Phi) is 4.77. The maximum Gasteiger partial charge on any atom is 0.242 e. The summed E-state index contributed by atoms with van der Waals surface area (Å²) in [5.41, 5.74) is 1.05. The van der Waals surface area contributed by atoms with Crippen LogP contribution in [0.25, 0.3) is 0 Å². The van der Waals surface area contributed by atoms with E-state index in [-0.39, 0.29) is 17.9 Å². The zero-order chi connectivity index (χ0) is 17.9. The Balaban J connectivity index is 1.37. The van der Waals surface area contributed by atoms with E-state index in [4.69, 9.17) is 0 Å². The Morgan fingerprint density at radius 1 is 1.27 bits per heavy atom. The molecule has 0 spiro atoms. The zero-order valence-corrected chi connectivity index (χ0v) is 14.9. The second kappa shape index (κ2) is 7.35. The molecule has 4 heterocycles. The average Bonchev–Trinajstić information content (AvgIpc) is 3.34. The molecule has 2 saturated heterocycles. The van der Waals surface area contributed by atoms with E-state index in [2.05, 4.69) is 9.97 Å². The van der Waals surface area contributed by atoms with Gasteiger partial charge in [-0.05, 0) is 30.9 Å². The van der Waals surface area contributed by atoms with Crippen molar-refractivity contribution in [1.29, 1.82) is 0 Å². The standard InChI is InChI=1S/C19H25N5O2/c25-18-4-3-15-12-23(19(26)13-22-7-1-2-8-22)9-6-17(15)24(18)10-5-16-11-20-14-21-16/h1-2,7-8,11,14-15,17H,3-6,9-10,12-13H2,(H,20,21)/t15-,17+/m0/s1. The Morgan fingerprint density at radius 2 is 2.12 bits per heavy atom. The molecule has 2 aromatic rings. The molecule has 2 atom stereocenters. The van der Waals surface area contributed by atoms with Crippen molar-refractivity contribution in [2.75, 3.05) is 19.6 Å². The Hall–Kier alpha value is -2.57. The highest BCUT2D eigenvalue weighted by molar-refractivity contribution is 5.78. The number of hydrogen-bond donors (Lipinski definition) is 1. The summed E-state index contributed by atoms with van der Waals surface area (Å²) < 4.78 is 1.91. The van der Waals surface area contributed by atoms with Crippen LogP contribution in [0.2, 0.25) is 0 Å². The molecular formula is C19H25N5O2. The number of imidazole rings is 1. The zero-order valence-electron chi connectivity index (χ0n) is 14.9. The molecular weight excluding hydrogens is 330 g/mol. The number of piperidine rings is 2. The molecule has 4 rings (SSSR count). The van der Waals surface area contributed by atoms with Crippen molar-refractivity contribution in [3.05, 3.63) is 42.7 Å². The monoisotopic (exact) mass is 355 g/mol. The van der Waals surface area contributed by atoms with Gasteiger partial charge in [0.2, 0.25) is 11.8 Å². The number of likely N-dealkylation sites (tertiary alicyclic amines) is 2. The smallest absolute Gasteiger partial charge is 0.242 e. The summed E-state index contributed by atoms with van der Waals surface area (Å²) in [7, 11) is 0.